The predicted molar refractivity (Wildman–Crippen MR) is 69.9 cm³/mol. The second-order valence-electron chi connectivity index (χ2n) is 4.58. The standard InChI is InChI=1S/C11H17N5O3/c1-19-7-8-2-4-15(5-3-8)11-13-6-9(16(17)18)10(12)14-11/h6,8H,2-5,7H2,1H3,(H2,12,13,14). The molecule has 0 atom stereocenters. The number of nitrogen functional groups attached to an aromatic ring is 1. The summed E-state index contributed by atoms with van der Waals surface area (Å²) in [4.78, 5) is 20.1. The Kier molecular flexibility index (Phi) is 4.10. The van der Waals surface area contributed by atoms with Gasteiger partial charge in [-0.05, 0) is 18.8 Å². The zero-order valence-corrected chi connectivity index (χ0v) is 10.8. The van der Waals surface area contributed by atoms with E-state index >= 15 is 0 Å². The first-order valence-corrected chi connectivity index (χ1v) is 6.12. The minimum absolute atomic E-state index is 0.0889. The van der Waals surface area contributed by atoms with Crippen LogP contribution in [0.25, 0.3) is 0 Å². The molecular weight excluding hydrogens is 250 g/mol. The molecule has 0 unspecified atom stereocenters. The molecule has 19 heavy (non-hydrogen) atoms. The van der Waals surface area contributed by atoms with E-state index in [9.17, 15) is 10.1 Å². The second kappa shape index (κ2) is 5.79. The third-order valence-corrected chi connectivity index (χ3v) is 3.28. The number of ether oxygens (including phenoxy) is 1. The number of nitro groups is 1. The van der Waals surface area contributed by atoms with E-state index in [0.29, 0.717) is 11.9 Å². The fourth-order valence-corrected chi connectivity index (χ4v) is 2.21. The highest BCUT2D eigenvalue weighted by molar-refractivity contribution is 5.53. The molecule has 0 saturated carbocycles. The van der Waals surface area contributed by atoms with Gasteiger partial charge in [-0.15, -0.1) is 0 Å². The summed E-state index contributed by atoms with van der Waals surface area (Å²) in [5.41, 5.74) is 5.31. The largest absolute Gasteiger partial charge is 0.384 e. The highest BCUT2D eigenvalue weighted by Crippen LogP contribution is 2.24. The first kappa shape index (κ1) is 13.5. The first-order chi connectivity index (χ1) is 9.11. The van der Waals surface area contributed by atoms with E-state index in [4.69, 9.17) is 10.5 Å². The highest BCUT2D eigenvalue weighted by atomic mass is 16.6. The van der Waals surface area contributed by atoms with Crippen LogP contribution in [-0.4, -0.2) is 41.7 Å². The van der Waals surface area contributed by atoms with Crippen LogP contribution in [0.4, 0.5) is 17.5 Å². The van der Waals surface area contributed by atoms with E-state index in [2.05, 4.69) is 9.97 Å². The number of nitrogens with two attached hydrogens (primary N) is 1. The Balaban J connectivity index is 2.04. The summed E-state index contributed by atoms with van der Waals surface area (Å²) in [6, 6.07) is 0. The fraction of sp³-hybridized carbons (Fsp3) is 0.636. The van der Waals surface area contributed by atoms with Crippen molar-refractivity contribution in [2.75, 3.05) is 37.4 Å². The lowest BCUT2D eigenvalue weighted by Gasteiger charge is -2.31. The van der Waals surface area contributed by atoms with E-state index in [1.54, 1.807) is 7.11 Å². The number of hydrogen-bond acceptors (Lipinski definition) is 7. The summed E-state index contributed by atoms with van der Waals surface area (Å²) in [5, 5.41) is 10.6. The van der Waals surface area contributed by atoms with Gasteiger partial charge < -0.3 is 15.4 Å². The van der Waals surface area contributed by atoms with Crippen LogP contribution in [0.2, 0.25) is 0 Å². The van der Waals surface area contributed by atoms with Gasteiger partial charge >= 0.3 is 5.69 Å². The van der Waals surface area contributed by atoms with E-state index < -0.39 is 4.92 Å². The molecule has 0 aromatic carbocycles. The van der Waals surface area contributed by atoms with Gasteiger partial charge in [0.2, 0.25) is 11.8 Å². The van der Waals surface area contributed by atoms with Crippen LogP contribution in [0.15, 0.2) is 6.20 Å². The van der Waals surface area contributed by atoms with Crippen LogP contribution < -0.4 is 10.6 Å². The van der Waals surface area contributed by atoms with Gasteiger partial charge in [-0.2, -0.15) is 4.98 Å². The number of aromatic nitrogens is 2. The van der Waals surface area contributed by atoms with E-state index in [1.807, 2.05) is 4.90 Å². The summed E-state index contributed by atoms with van der Waals surface area (Å²) < 4.78 is 5.14. The molecule has 2 N–H and O–H groups in total. The monoisotopic (exact) mass is 267 g/mol. The molecule has 1 aliphatic heterocycles. The van der Waals surface area contributed by atoms with Gasteiger partial charge in [0.15, 0.2) is 0 Å². The van der Waals surface area contributed by atoms with Gasteiger partial charge in [0.05, 0.1) is 4.92 Å². The Bertz CT molecular complexity index is 460. The Morgan fingerprint density at radius 2 is 2.26 bits per heavy atom. The van der Waals surface area contributed by atoms with Crippen molar-refractivity contribution in [3.63, 3.8) is 0 Å². The van der Waals surface area contributed by atoms with Crippen LogP contribution in [0.1, 0.15) is 12.8 Å². The van der Waals surface area contributed by atoms with Crippen molar-refractivity contribution in [1.29, 1.82) is 0 Å². The molecule has 0 bridgehead atoms. The summed E-state index contributed by atoms with van der Waals surface area (Å²) in [5.74, 6) is 0.921. The van der Waals surface area contributed by atoms with Crippen molar-refractivity contribution >= 4 is 17.5 Å². The Morgan fingerprint density at radius 3 is 2.79 bits per heavy atom. The molecule has 0 aliphatic carbocycles. The zero-order chi connectivity index (χ0) is 13.8. The highest BCUT2D eigenvalue weighted by Gasteiger charge is 2.22. The SMILES string of the molecule is COCC1CCN(c2ncc([N+](=O)[O-])c(N)n2)CC1. The maximum atomic E-state index is 10.6. The number of methoxy groups -OCH3 is 1. The van der Waals surface area contributed by atoms with Gasteiger partial charge in [-0.1, -0.05) is 0 Å². The van der Waals surface area contributed by atoms with Crippen molar-refractivity contribution < 1.29 is 9.66 Å². The van der Waals surface area contributed by atoms with E-state index in [0.717, 1.165) is 32.5 Å². The summed E-state index contributed by atoms with van der Waals surface area (Å²) in [6.07, 6.45) is 3.15. The van der Waals surface area contributed by atoms with Gasteiger partial charge in [0, 0.05) is 26.8 Å². The number of rotatable bonds is 4. The average Bonchev–Trinajstić information content (AvgIpc) is 2.39. The maximum Gasteiger partial charge on any atom is 0.329 e. The predicted octanol–water partition coefficient (Wildman–Crippen LogP) is 0.830. The van der Waals surface area contributed by atoms with Gasteiger partial charge in [-0.25, -0.2) is 4.98 Å². The lowest BCUT2D eigenvalue weighted by Crippen LogP contribution is -2.36. The first-order valence-electron chi connectivity index (χ1n) is 6.12. The molecule has 0 amide bonds. The minimum Gasteiger partial charge on any atom is -0.384 e. The van der Waals surface area contributed by atoms with Gasteiger partial charge in [-0.3, -0.25) is 10.1 Å². The average molecular weight is 267 g/mol. The second-order valence-corrected chi connectivity index (χ2v) is 4.58. The van der Waals surface area contributed by atoms with Crippen molar-refractivity contribution in [2.24, 2.45) is 5.92 Å². The molecule has 1 aromatic rings. The van der Waals surface area contributed by atoms with Crippen molar-refractivity contribution in [3.05, 3.63) is 16.3 Å². The Labute approximate surface area is 110 Å². The lowest BCUT2D eigenvalue weighted by atomic mass is 9.98. The molecule has 1 saturated heterocycles. The van der Waals surface area contributed by atoms with Crippen LogP contribution in [-0.2, 0) is 4.74 Å². The molecule has 0 radical (unpaired) electrons. The third kappa shape index (κ3) is 3.08. The van der Waals surface area contributed by atoms with Crippen LogP contribution in [0.3, 0.4) is 0 Å². The summed E-state index contributed by atoms with van der Waals surface area (Å²) in [6.45, 7) is 2.38. The molecule has 2 heterocycles. The van der Waals surface area contributed by atoms with Crippen molar-refractivity contribution in [1.82, 2.24) is 9.97 Å². The fourth-order valence-electron chi connectivity index (χ4n) is 2.21. The van der Waals surface area contributed by atoms with E-state index in [-0.39, 0.29) is 11.5 Å². The number of hydrogen-bond donors (Lipinski definition) is 1. The number of piperidine rings is 1. The third-order valence-electron chi connectivity index (χ3n) is 3.28. The molecule has 8 nitrogen and oxygen atoms in total. The summed E-state index contributed by atoms with van der Waals surface area (Å²) >= 11 is 0. The lowest BCUT2D eigenvalue weighted by molar-refractivity contribution is -0.384. The van der Waals surface area contributed by atoms with E-state index in [1.165, 1.54) is 6.20 Å². The zero-order valence-electron chi connectivity index (χ0n) is 10.8. The molecule has 1 aliphatic rings. The molecule has 8 heteroatoms. The Hall–Kier alpha value is -1.96. The van der Waals surface area contributed by atoms with Crippen molar-refractivity contribution in [2.45, 2.75) is 12.8 Å². The van der Waals surface area contributed by atoms with Crippen LogP contribution >= 0.6 is 0 Å². The van der Waals surface area contributed by atoms with Gasteiger partial charge in [0.25, 0.3) is 0 Å². The number of nitrogens with zero attached hydrogens (tertiary/aromatic N) is 4. The summed E-state index contributed by atoms with van der Waals surface area (Å²) in [7, 11) is 1.70. The quantitative estimate of drug-likeness (QED) is 0.635. The maximum absolute atomic E-state index is 10.6. The molecule has 1 fully saturated rings. The number of anilines is 2. The minimum atomic E-state index is -0.579. The molecular formula is C11H17N5O3. The Morgan fingerprint density at radius 1 is 1.58 bits per heavy atom. The topological polar surface area (TPSA) is 107 Å². The normalized spacial score (nSPS) is 16.6. The molecule has 0 spiro atoms. The molecule has 2 rings (SSSR count). The smallest absolute Gasteiger partial charge is 0.329 e. The molecule has 1 aromatic heterocycles. The van der Waals surface area contributed by atoms with Crippen LogP contribution in [0, 0.1) is 16.0 Å². The van der Waals surface area contributed by atoms with Crippen molar-refractivity contribution in [3.8, 4) is 0 Å². The van der Waals surface area contributed by atoms with Crippen LogP contribution in [0.5, 0.6) is 0 Å². The molecule has 104 valence electrons. The van der Waals surface area contributed by atoms with Gasteiger partial charge in [0.1, 0.15) is 6.20 Å².